The molecule has 0 saturated carbocycles. The minimum atomic E-state index is -0.554. The molecule has 0 aliphatic carbocycles. The standard InChI is InChI=1S/C8H11BrO4/c1-12-7(10)5-6(3-4-9)8(11)13-2/h5H,3-4H2,1-2H3. The average Bonchev–Trinajstić information content (AvgIpc) is 2.15. The Hall–Kier alpha value is -0.840. The highest BCUT2D eigenvalue weighted by Crippen LogP contribution is 2.06. The van der Waals surface area contributed by atoms with Gasteiger partial charge in [-0.15, -0.1) is 0 Å². The second-order valence-corrected chi connectivity index (χ2v) is 2.92. The van der Waals surface area contributed by atoms with Crippen LogP contribution in [0.1, 0.15) is 6.42 Å². The van der Waals surface area contributed by atoms with Crippen LogP contribution in [0.3, 0.4) is 0 Å². The van der Waals surface area contributed by atoms with Crippen LogP contribution in [0.15, 0.2) is 11.6 Å². The molecule has 0 heterocycles. The Morgan fingerprint density at radius 2 is 1.92 bits per heavy atom. The van der Waals surface area contributed by atoms with Crippen LogP contribution >= 0.6 is 15.9 Å². The number of hydrogen-bond donors (Lipinski definition) is 0. The van der Waals surface area contributed by atoms with Gasteiger partial charge in [0, 0.05) is 17.0 Å². The van der Waals surface area contributed by atoms with Gasteiger partial charge in [-0.25, -0.2) is 9.59 Å². The van der Waals surface area contributed by atoms with Crippen LogP contribution in [0.2, 0.25) is 0 Å². The summed E-state index contributed by atoms with van der Waals surface area (Å²) in [6, 6.07) is 0. The lowest BCUT2D eigenvalue weighted by atomic mass is 10.2. The summed E-state index contributed by atoms with van der Waals surface area (Å²) in [5.74, 6) is -1.06. The van der Waals surface area contributed by atoms with Gasteiger partial charge in [-0.2, -0.15) is 0 Å². The van der Waals surface area contributed by atoms with Crippen LogP contribution in [0.4, 0.5) is 0 Å². The minimum Gasteiger partial charge on any atom is -0.466 e. The van der Waals surface area contributed by atoms with Crippen molar-refractivity contribution in [3.63, 3.8) is 0 Å². The van der Waals surface area contributed by atoms with E-state index in [9.17, 15) is 9.59 Å². The number of esters is 2. The fourth-order valence-corrected chi connectivity index (χ4v) is 1.09. The molecule has 0 amide bonds. The molecular weight excluding hydrogens is 240 g/mol. The van der Waals surface area contributed by atoms with Crippen molar-refractivity contribution in [3.8, 4) is 0 Å². The van der Waals surface area contributed by atoms with Gasteiger partial charge >= 0.3 is 11.9 Å². The number of carbonyl (C=O) groups excluding carboxylic acids is 2. The van der Waals surface area contributed by atoms with Crippen LogP contribution in [0, 0.1) is 0 Å². The summed E-state index contributed by atoms with van der Waals surface area (Å²) in [4.78, 5) is 21.8. The largest absolute Gasteiger partial charge is 0.466 e. The number of hydrogen-bond acceptors (Lipinski definition) is 4. The van der Waals surface area contributed by atoms with Gasteiger partial charge in [0.2, 0.25) is 0 Å². The van der Waals surface area contributed by atoms with E-state index in [1.807, 2.05) is 0 Å². The Bertz CT molecular complexity index is 222. The summed E-state index contributed by atoms with van der Waals surface area (Å²) >= 11 is 3.16. The first-order valence-electron chi connectivity index (χ1n) is 3.58. The number of halogens is 1. The van der Waals surface area contributed by atoms with E-state index in [0.29, 0.717) is 17.3 Å². The van der Waals surface area contributed by atoms with Gasteiger partial charge in [0.15, 0.2) is 0 Å². The van der Waals surface area contributed by atoms with Crippen LogP contribution in [-0.2, 0) is 19.1 Å². The number of carbonyl (C=O) groups is 2. The summed E-state index contributed by atoms with van der Waals surface area (Å²) in [7, 11) is 2.52. The molecule has 0 aliphatic rings. The Balaban J connectivity index is 4.48. The van der Waals surface area contributed by atoms with Crippen molar-refractivity contribution in [1.29, 1.82) is 0 Å². The van der Waals surface area contributed by atoms with E-state index in [4.69, 9.17) is 0 Å². The van der Waals surface area contributed by atoms with Crippen LogP contribution in [0.5, 0.6) is 0 Å². The average molecular weight is 251 g/mol. The maximum atomic E-state index is 11.0. The summed E-state index contributed by atoms with van der Waals surface area (Å²) in [5.41, 5.74) is 0.297. The first-order chi connectivity index (χ1) is 6.15. The van der Waals surface area contributed by atoms with Gasteiger partial charge in [0.1, 0.15) is 0 Å². The highest BCUT2D eigenvalue weighted by Gasteiger charge is 2.10. The van der Waals surface area contributed by atoms with Crippen molar-refractivity contribution in [2.75, 3.05) is 19.5 Å². The monoisotopic (exact) mass is 250 g/mol. The van der Waals surface area contributed by atoms with Gasteiger partial charge in [-0.3, -0.25) is 0 Å². The van der Waals surface area contributed by atoms with Crippen molar-refractivity contribution in [2.24, 2.45) is 0 Å². The number of alkyl halides is 1. The number of rotatable bonds is 4. The van der Waals surface area contributed by atoms with E-state index >= 15 is 0 Å². The Morgan fingerprint density at radius 1 is 1.31 bits per heavy atom. The predicted molar refractivity (Wildman–Crippen MR) is 50.5 cm³/mol. The molecule has 0 aliphatic heterocycles. The Labute approximate surface area is 85.0 Å². The molecule has 4 nitrogen and oxygen atoms in total. The predicted octanol–water partition coefficient (Wildman–Crippen LogP) is 1.04. The molecule has 13 heavy (non-hydrogen) atoms. The lowest BCUT2D eigenvalue weighted by Crippen LogP contribution is -2.08. The molecule has 0 bridgehead atoms. The molecule has 0 atom stereocenters. The van der Waals surface area contributed by atoms with Crippen LogP contribution < -0.4 is 0 Å². The van der Waals surface area contributed by atoms with Gasteiger partial charge in [-0.1, -0.05) is 15.9 Å². The molecule has 0 rings (SSSR count). The molecule has 74 valence electrons. The van der Waals surface area contributed by atoms with Crippen molar-refractivity contribution >= 4 is 27.9 Å². The summed E-state index contributed by atoms with van der Waals surface area (Å²) in [5, 5.41) is 0.588. The zero-order chi connectivity index (χ0) is 10.3. The highest BCUT2D eigenvalue weighted by atomic mass is 79.9. The molecule has 0 radical (unpaired) electrons. The lowest BCUT2D eigenvalue weighted by molar-refractivity contribution is -0.138. The molecule has 0 fully saturated rings. The van der Waals surface area contributed by atoms with Crippen LogP contribution in [-0.4, -0.2) is 31.5 Å². The fourth-order valence-electron chi connectivity index (χ4n) is 0.667. The Kier molecular flexibility index (Phi) is 6.22. The summed E-state index contributed by atoms with van der Waals surface area (Å²) < 4.78 is 8.86. The number of methoxy groups -OCH3 is 2. The molecule has 0 aromatic rings. The third kappa shape index (κ3) is 4.67. The van der Waals surface area contributed by atoms with Gasteiger partial charge in [0.25, 0.3) is 0 Å². The van der Waals surface area contributed by atoms with Crippen molar-refractivity contribution in [1.82, 2.24) is 0 Å². The minimum absolute atomic E-state index is 0.297. The zero-order valence-corrected chi connectivity index (χ0v) is 9.09. The third-order valence-corrected chi connectivity index (χ3v) is 1.70. The molecule has 0 aromatic heterocycles. The lowest BCUT2D eigenvalue weighted by Gasteiger charge is -2.01. The topological polar surface area (TPSA) is 52.6 Å². The van der Waals surface area contributed by atoms with Gasteiger partial charge in [-0.05, 0) is 6.42 Å². The molecule has 0 unspecified atom stereocenters. The molecule has 0 N–H and O–H groups in total. The highest BCUT2D eigenvalue weighted by molar-refractivity contribution is 9.09. The molecule has 0 saturated heterocycles. The maximum Gasteiger partial charge on any atom is 0.334 e. The van der Waals surface area contributed by atoms with Crippen molar-refractivity contribution in [2.45, 2.75) is 6.42 Å². The smallest absolute Gasteiger partial charge is 0.334 e. The normalized spacial score (nSPS) is 10.8. The molecule has 0 aromatic carbocycles. The van der Waals surface area contributed by atoms with E-state index in [2.05, 4.69) is 25.4 Å². The Morgan fingerprint density at radius 3 is 2.31 bits per heavy atom. The third-order valence-electron chi connectivity index (χ3n) is 1.30. The first-order valence-corrected chi connectivity index (χ1v) is 4.70. The second-order valence-electron chi connectivity index (χ2n) is 2.12. The summed E-state index contributed by atoms with van der Waals surface area (Å²) in [6.45, 7) is 0. The summed E-state index contributed by atoms with van der Waals surface area (Å²) in [6.07, 6.45) is 1.56. The van der Waals surface area contributed by atoms with E-state index in [1.54, 1.807) is 0 Å². The molecule has 5 heteroatoms. The van der Waals surface area contributed by atoms with Gasteiger partial charge in [0.05, 0.1) is 14.2 Å². The second kappa shape index (κ2) is 6.65. The number of ether oxygens (including phenoxy) is 2. The van der Waals surface area contributed by atoms with E-state index in [1.165, 1.54) is 14.2 Å². The zero-order valence-electron chi connectivity index (χ0n) is 7.50. The fraction of sp³-hybridized carbons (Fsp3) is 0.500. The van der Waals surface area contributed by atoms with Gasteiger partial charge < -0.3 is 9.47 Å². The quantitative estimate of drug-likeness (QED) is 0.425. The van der Waals surface area contributed by atoms with E-state index in [-0.39, 0.29) is 0 Å². The van der Waals surface area contributed by atoms with E-state index in [0.717, 1.165) is 6.08 Å². The van der Waals surface area contributed by atoms with Crippen molar-refractivity contribution in [3.05, 3.63) is 11.6 Å². The SMILES string of the molecule is COC(=O)C=C(CCBr)C(=O)OC. The molecule has 0 spiro atoms. The van der Waals surface area contributed by atoms with E-state index < -0.39 is 11.9 Å². The van der Waals surface area contributed by atoms with Crippen molar-refractivity contribution < 1.29 is 19.1 Å². The molecular formula is C8H11BrO4. The maximum absolute atomic E-state index is 11.0. The first kappa shape index (κ1) is 12.2. The van der Waals surface area contributed by atoms with Crippen LogP contribution in [0.25, 0.3) is 0 Å².